The van der Waals surface area contributed by atoms with Crippen LogP contribution < -0.4 is 21.7 Å². The van der Waals surface area contributed by atoms with E-state index in [0.29, 0.717) is 5.69 Å². The van der Waals surface area contributed by atoms with Crippen LogP contribution >= 0.6 is 0 Å². The molecule has 7 nitrogen and oxygen atoms in total. The van der Waals surface area contributed by atoms with Crippen LogP contribution in [0.5, 0.6) is 5.88 Å². The van der Waals surface area contributed by atoms with Gasteiger partial charge in [0.15, 0.2) is 6.04 Å². The van der Waals surface area contributed by atoms with Gasteiger partial charge in [0.1, 0.15) is 0 Å². The number of nitrogens with two attached hydrogens (primary N) is 1. The van der Waals surface area contributed by atoms with Gasteiger partial charge in [-0.05, 0) is 36.6 Å². The average Bonchev–Trinajstić information content (AvgIpc) is 3.09. The van der Waals surface area contributed by atoms with Gasteiger partial charge in [-0.25, -0.2) is 4.79 Å². The first-order valence-corrected chi connectivity index (χ1v) is 9.60. The number of quaternary nitrogens is 1. The highest BCUT2D eigenvalue weighted by atomic mass is 16.3. The molecule has 1 aliphatic heterocycles. The van der Waals surface area contributed by atoms with Crippen LogP contribution in [0.2, 0.25) is 0 Å². The first-order chi connectivity index (χ1) is 14.0. The van der Waals surface area contributed by atoms with Crippen molar-refractivity contribution in [3.63, 3.8) is 0 Å². The van der Waals surface area contributed by atoms with Crippen molar-refractivity contribution in [1.29, 1.82) is 0 Å². The number of rotatable bonds is 2. The Morgan fingerprint density at radius 2 is 1.83 bits per heavy atom. The molecule has 0 aliphatic carbocycles. The molecule has 5 rings (SSSR count). The van der Waals surface area contributed by atoms with E-state index in [2.05, 4.69) is 9.97 Å². The van der Waals surface area contributed by atoms with Crippen LogP contribution in [0.4, 0.5) is 0 Å². The molecule has 0 fully saturated rings. The smallest absolute Gasteiger partial charge is 0.332 e. The highest BCUT2D eigenvalue weighted by Crippen LogP contribution is 2.31. The molecule has 4 aromatic rings. The van der Waals surface area contributed by atoms with Gasteiger partial charge in [0.2, 0.25) is 0 Å². The van der Waals surface area contributed by atoms with Crippen LogP contribution in [0.3, 0.4) is 0 Å². The SMILES string of the molecule is Cc1ccc(-n2c([O-])c([C@@H]3[NH2+]CCc4c3[nH]c3ccccc43)c(=O)[nH]c2=O)cc1. The van der Waals surface area contributed by atoms with Gasteiger partial charge in [0.05, 0.1) is 17.8 Å². The Labute approximate surface area is 165 Å². The standard InChI is InChI=1S/C22H20N4O3/c1-12-6-8-13(9-7-12)26-21(28)17(20(27)25-22(26)29)19-18-15(10-11-23-19)14-4-2-3-5-16(14)24-18/h2-9,19,23-24,28H,10-11H2,1H3,(H,25,27,29)/t19-/m0/s1. The zero-order chi connectivity index (χ0) is 20.1. The lowest BCUT2D eigenvalue weighted by Crippen LogP contribution is -2.88. The van der Waals surface area contributed by atoms with Crippen molar-refractivity contribution in [2.45, 2.75) is 19.4 Å². The number of aryl methyl sites for hydroxylation is 1. The van der Waals surface area contributed by atoms with E-state index in [1.54, 1.807) is 12.1 Å². The maximum Gasteiger partial charge on any atom is 0.332 e. The van der Waals surface area contributed by atoms with Crippen LogP contribution in [0.25, 0.3) is 16.6 Å². The molecule has 0 saturated heterocycles. The Hall–Kier alpha value is -3.58. The number of aromatic nitrogens is 3. The zero-order valence-corrected chi connectivity index (χ0v) is 15.9. The zero-order valence-electron chi connectivity index (χ0n) is 15.9. The lowest BCUT2D eigenvalue weighted by atomic mass is 9.95. The van der Waals surface area contributed by atoms with Gasteiger partial charge in [-0.2, -0.15) is 0 Å². The molecule has 0 amide bonds. The lowest BCUT2D eigenvalue weighted by molar-refractivity contribution is -0.691. The maximum atomic E-state index is 13.3. The van der Waals surface area contributed by atoms with E-state index in [9.17, 15) is 14.7 Å². The van der Waals surface area contributed by atoms with E-state index in [4.69, 9.17) is 0 Å². The second-order valence-electron chi connectivity index (χ2n) is 7.46. The molecule has 0 radical (unpaired) electrons. The quantitative estimate of drug-likeness (QED) is 0.468. The normalized spacial score (nSPS) is 16.1. The molecule has 0 unspecified atom stereocenters. The van der Waals surface area contributed by atoms with Gasteiger partial charge in [0, 0.05) is 23.0 Å². The van der Waals surface area contributed by atoms with Gasteiger partial charge in [-0.15, -0.1) is 0 Å². The largest absolute Gasteiger partial charge is 0.859 e. The van der Waals surface area contributed by atoms with Crippen LogP contribution in [-0.4, -0.2) is 21.1 Å². The van der Waals surface area contributed by atoms with Crippen molar-refractivity contribution >= 4 is 10.9 Å². The van der Waals surface area contributed by atoms with Crippen LogP contribution in [0.1, 0.15) is 28.4 Å². The van der Waals surface area contributed by atoms with Crippen LogP contribution in [0.15, 0.2) is 58.1 Å². The minimum Gasteiger partial charge on any atom is -0.859 e. The number of nitrogens with zero attached hydrogens (tertiary/aromatic N) is 1. The Morgan fingerprint density at radius 3 is 2.62 bits per heavy atom. The second-order valence-corrected chi connectivity index (χ2v) is 7.46. The summed E-state index contributed by atoms with van der Waals surface area (Å²) in [6.45, 7) is 2.68. The molecule has 146 valence electrons. The summed E-state index contributed by atoms with van der Waals surface area (Å²) in [6, 6.07) is 14.5. The number of nitrogens with one attached hydrogen (secondary N) is 2. The van der Waals surface area contributed by atoms with Crippen molar-refractivity contribution in [3.8, 4) is 11.6 Å². The fraction of sp³-hybridized carbons (Fsp3) is 0.182. The summed E-state index contributed by atoms with van der Waals surface area (Å²) in [4.78, 5) is 30.9. The average molecular weight is 388 g/mol. The Morgan fingerprint density at radius 1 is 1.07 bits per heavy atom. The molecule has 2 aromatic carbocycles. The molecule has 4 N–H and O–H groups in total. The van der Waals surface area contributed by atoms with Crippen molar-refractivity contribution in [2.24, 2.45) is 0 Å². The monoisotopic (exact) mass is 388 g/mol. The van der Waals surface area contributed by atoms with E-state index in [1.165, 1.54) is 0 Å². The number of aromatic amines is 2. The first kappa shape index (κ1) is 17.5. The fourth-order valence-electron chi connectivity index (χ4n) is 4.26. The van der Waals surface area contributed by atoms with Gasteiger partial charge in [-0.1, -0.05) is 35.9 Å². The molecule has 0 bridgehead atoms. The predicted molar refractivity (Wildman–Crippen MR) is 107 cm³/mol. The van der Waals surface area contributed by atoms with Gasteiger partial charge < -0.3 is 15.4 Å². The summed E-state index contributed by atoms with van der Waals surface area (Å²) < 4.78 is 1.04. The molecule has 29 heavy (non-hydrogen) atoms. The van der Waals surface area contributed by atoms with Crippen molar-refractivity contribution in [2.75, 3.05) is 6.54 Å². The van der Waals surface area contributed by atoms with Crippen molar-refractivity contribution in [1.82, 2.24) is 14.5 Å². The number of fused-ring (bicyclic) bond motifs is 3. The van der Waals surface area contributed by atoms with E-state index in [1.807, 2.05) is 48.6 Å². The lowest BCUT2D eigenvalue weighted by Gasteiger charge is -2.26. The second kappa shape index (κ2) is 6.49. The van der Waals surface area contributed by atoms with E-state index in [-0.39, 0.29) is 5.56 Å². The van der Waals surface area contributed by atoms with E-state index in [0.717, 1.165) is 45.3 Å². The first-order valence-electron chi connectivity index (χ1n) is 9.60. The molecular weight excluding hydrogens is 368 g/mol. The molecule has 7 heteroatoms. The third kappa shape index (κ3) is 2.70. The molecular formula is C22H20N4O3. The van der Waals surface area contributed by atoms with Crippen LogP contribution in [-0.2, 0) is 6.42 Å². The van der Waals surface area contributed by atoms with Crippen molar-refractivity contribution in [3.05, 3.63) is 91.8 Å². The summed E-state index contributed by atoms with van der Waals surface area (Å²) in [5, 5.41) is 16.4. The van der Waals surface area contributed by atoms with Crippen molar-refractivity contribution < 1.29 is 10.4 Å². The third-order valence-electron chi connectivity index (χ3n) is 5.66. The Balaban J connectivity index is 1.74. The van der Waals surface area contributed by atoms with Gasteiger partial charge in [0.25, 0.3) is 5.56 Å². The van der Waals surface area contributed by atoms with E-state index >= 15 is 0 Å². The fourth-order valence-corrected chi connectivity index (χ4v) is 4.26. The Bertz CT molecular complexity index is 1350. The summed E-state index contributed by atoms with van der Waals surface area (Å²) in [5.41, 5.74) is 3.13. The van der Waals surface area contributed by atoms with Gasteiger partial charge >= 0.3 is 5.69 Å². The predicted octanol–water partition coefficient (Wildman–Crippen LogP) is 0.598. The molecule has 2 aromatic heterocycles. The number of para-hydroxylation sites is 1. The molecule has 0 spiro atoms. The van der Waals surface area contributed by atoms with Crippen LogP contribution in [0, 0.1) is 6.92 Å². The third-order valence-corrected chi connectivity index (χ3v) is 5.66. The topological polar surface area (TPSA) is 110 Å². The van der Waals surface area contributed by atoms with E-state index < -0.39 is 23.2 Å². The van der Waals surface area contributed by atoms with Gasteiger partial charge in [-0.3, -0.25) is 14.3 Å². The minimum absolute atomic E-state index is 0.0673. The summed E-state index contributed by atoms with van der Waals surface area (Å²) in [6.07, 6.45) is 0.847. The number of H-pyrrole nitrogens is 2. The summed E-state index contributed by atoms with van der Waals surface area (Å²) in [7, 11) is 0. The number of hydrogen-bond acceptors (Lipinski definition) is 3. The molecule has 0 saturated carbocycles. The molecule has 1 atom stereocenters. The molecule has 1 aliphatic rings. The summed E-state index contributed by atoms with van der Waals surface area (Å²) in [5.74, 6) is -0.574. The maximum absolute atomic E-state index is 13.3. The Kier molecular flexibility index (Phi) is 3.92. The summed E-state index contributed by atoms with van der Waals surface area (Å²) >= 11 is 0. The molecule has 3 heterocycles. The number of hydrogen-bond donors (Lipinski definition) is 3. The number of benzene rings is 2. The minimum atomic E-state index is -0.722. The highest BCUT2D eigenvalue weighted by molar-refractivity contribution is 5.85. The highest BCUT2D eigenvalue weighted by Gasteiger charge is 2.32.